The van der Waals surface area contributed by atoms with E-state index in [0.29, 0.717) is 12.1 Å². The van der Waals surface area contributed by atoms with Crippen LogP contribution in [0, 0.1) is 5.92 Å². The van der Waals surface area contributed by atoms with Gasteiger partial charge in [0.15, 0.2) is 0 Å². The van der Waals surface area contributed by atoms with Crippen LogP contribution in [0.1, 0.15) is 52.4 Å². The van der Waals surface area contributed by atoms with Gasteiger partial charge in [-0.3, -0.25) is 0 Å². The summed E-state index contributed by atoms with van der Waals surface area (Å²) in [5, 5.41) is 3.65. The van der Waals surface area contributed by atoms with Crippen molar-refractivity contribution in [3.8, 4) is 0 Å². The van der Waals surface area contributed by atoms with E-state index >= 15 is 0 Å². The molecule has 1 rings (SSSR count). The quantitative estimate of drug-likeness (QED) is 0.669. The van der Waals surface area contributed by atoms with Crippen LogP contribution in [0.15, 0.2) is 0 Å². The molecule has 1 N–H and O–H groups in total. The third-order valence-corrected chi connectivity index (χ3v) is 3.62. The van der Waals surface area contributed by atoms with Crippen molar-refractivity contribution in [2.24, 2.45) is 5.92 Å². The first-order valence-electron chi connectivity index (χ1n) is 6.57. The topological polar surface area (TPSA) is 21.3 Å². The van der Waals surface area contributed by atoms with E-state index < -0.39 is 0 Å². The van der Waals surface area contributed by atoms with Crippen LogP contribution in [-0.4, -0.2) is 25.8 Å². The summed E-state index contributed by atoms with van der Waals surface area (Å²) in [6, 6.07) is 0.574. The summed E-state index contributed by atoms with van der Waals surface area (Å²) >= 11 is 0. The summed E-state index contributed by atoms with van der Waals surface area (Å²) in [7, 11) is 1.84. The number of hydrogen-bond acceptors (Lipinski definition) is 2. The van der Waals surface area contributed by atoms with Crippen LogP contribution < -0.4 is 5.32 Å². The average molecular weight is 213 g/mol. The van der Waals surface area contributed by atoms with Gasteiger partial charge in [0.1, 0.15) is 0 Å². The molecule has 90 valence electrons. The summed E-state index contributed by atoms with van der Waals surface area (Å²) in [5.74, 6) is 0.962. The molecule has 2 atom stereocenters. The Kier molecular flexibility index (Phi) is 6.26. The molecule has 0 aromatic carbocycles. The van der Waals surface area contributed by atoms with Gasteiger partial charge in [0.25, 0.3) is 0 Å². The van der Waals surface area contributed by atoms with E-state index in [-0.39, 0.29) is 0 Å². The fourth-order valence-electron chi connectivity index (χ4n) is 2.40. The van der Waals surface area contributed by atoms with E-state index in [1.165, 1.54) is 32.1 Å². The first-order chi connectivity index (χ1) is 7.31. The van der Waals surface area contributed by atoms with Crippen molar-refractivity contribution in [3.05, 3.63) is 0 Å². The Morgan fingerprint density at radius 1 is 1.33 bits per heavy atom. The zero-order valence-electron chi connectivity index (χ0n) is 10.6. The van der Waals surface area contributed by atoms with Crippen LogP contribution >= 0.6 is 0 Å². The van der Waals surface area contributed by atoms with E-state index in [1.54, 1.807) is 0 Å². The highest BCUT2D eigenvalue weighted by atomic mass is 16.5. The predicted molar refractivity (Wildman–Crippen MR) is 65.1 cm³/mol. The molecule has 0 radical (unpaired) electrons. The molecule has 0 amide bonds. The van der Waals surface area contributed by atoms with Gasteiger partial charge in [-0.1, -0.05) is 33.1 Å². The van der Waals surface area contributed by atoms with Gasteiger partial charge in [0, 0.05) is 13.2 Å². The second-order valence-electron chi connectivity index (χ2n) is 4.78. The van der Waals surface area contributed by atoms with Gasteiger partial charge in [0.05, 0.1) is 6.10 Å². The van der Waals surface area contributed by atoms with Gasteiger partial charge >= 0.3 is 0 Å². The van der Waals surface area contributed by atoms with E-state index in [0.717, 1.165) is 18.9 Å². The van der Waals surface area contributed by atoms with Gasteiger partial charge in [-0.05, 0) is 31.7 Å². The highest BCUT2D eigenvalue weighted by Crippen LogP contribution is 2.31. The number of nitrogens with one attached hydrogen (secondary N) is 1. The Balaban J connectivity index is 2.34. The number of hydrogen-bond donors (Lipinski definition) is 1. The second-order valence-corrected chi connectivity index (χ2v) is 4.78. The molecule has 0 aromatic rings. The molecule has 0 aliphatic heterocycles. The first kappa shape index (κ1) is 13.0. The Bertz CT molecular complexity index is 153. The first-order valence-corrected chi connectivity index (χ1v) is 6.57. The highest BCUT2D eigenvalue weighted by Gasteiger charge is 2.26. The normalized spacial score (nSPS) is 21.0. The minimum Gasteiger partial charge on any atom is -0.380 e. The molecule has 0 saturated heterocycles. The van der Waals surface area contributed by atoms with Crippen LogP contribution in [-0.2, 0) is 4.74 Å². The molecule has 2 unspecified atom stereocenters. The minimum absolute atomic E-state index is 0.400. The molecule has 0 aromatic heterocycles. The van der Waals surface area contributed by atoms with Crippen molar-refractivity contribution >= 4 is 0 Å². The van der Waals surface area contributed by atoms with E-state index in [2.05, 4.69) is 19.2 Å². The number of ether oxygens (including phenoxy) is 1. The van der Waals surface area contributed by atoms with Gasteiger partial charge in [0.2, 0.25) is 0 Å². The van der Waals surface area contributed by atoms with Crippen molar-refractivity contribution in [1.82, 2.24) is 5.32 Å². The molecular formula is C13H27NO. The Hall–Kier alpha value is -0.0800. The summed E-state index contributed by atoms with van der Waals surface area (Å²) in [6.45, 7) is 5.56. The molecule has 1 aliphatic rings. The van der Waals surface area contributed by atoms with E-state index in [4.69, 9.17) is 4.74 Å². The lowest BCUT2D eigenvalue weighted by Gasteiger charge is -2.33. The lowest BCUT2D eigenvalue weighted by molar-refractivity contribution is 0.0511. The molecule has 1 fully saturated rings. The number of rotatable bonds is 8. The molecule has 1 aliphatic carbocycles. The zero-order valence-corrected chi connectivity index (χ0v) is 10.6. The fourth-order valence-corrected chi connectivity index (χ4v) is 2.40. The summed E-state index contributed by atoms with van der Waals surface area (Å²) in [4.78, 5) is 0. The monoisotopic (exact) mass is 213 g/mol. The Morgan fingerprint density at radius 3 is 2.47 bits per heavy atom. The van der Waals surface area contributed by atoms with Crippen molar-refractivity contribution in [2.45, 2.75) is 64.5 Å². The smallest absolute Gasteiger partial charge is 0.0721 e. The molecule has 1 saturated carbocycles. The van der Waals surface area contributed by atoms with Gasteiger partial charge < -0.3 is 10.1 Å². The Labute approximate surface area is 94.8 Å². The van der Waals surface area contributed by atoms with Gasteiger partial charge in [-0.2, -0.15) is 0 Å². The third-order valence-electron chi connectivity index (χ3n) is 3.62. The molecule has 0 bridgehead atoms. The zero-order chi connectivity index (χ0) is 11.1. The standard InChI is InChI=1S/C13H27NO/c1-4-9-14-12(13(5-2)15-3)10-11-7-6-8-11/h11-14H,4-10H2,1-3H3. The molecule has 0 heterocycles. The second kappa shape index (κ2) is 7.24. The van der Waals surface area contributed by atoms with Crippen LogP contribution in [0.5, 0.6) is 0 Å². The summed E-state index contributed by atoms with van der Waals surface area (Å²) in [6.07, 6.45) is 8.35. The minimum atomic E-state index is 0.400. The lowest BCUT2D eigenvalue weighted by atomic mass is 9.79. The van der Waals surface area contributed by atoms with E-state index in [1.807, 2.05) is 7.11 Å². The van der Waals surface area contributed by atoms with Crippen molar-refractivity contribution in [2.75, 3.05) is 13.7 Å². The SMILES string of the molecule is CCCNC(CC1CCC1)C(CC)OC. The van der Waals surface area contributed by atoms with Crippen LogP contribution in [0.3, 0.4) is 0 Å². The maximum atomic E-state index is 5.57. The molecular weight excluding hydrogens is 186 g/mol. The summed E-state index contributed by atoms with van der Waals surface area (Å²) < 4.78 is 5.57. The van der Waals surface area contributed by atoms with Crippen molar-refractivity contribution in [3.63, 3.8) is 0 Å². The molecule has 0 spiro atoms. The lowest BCUT2D eigenvalue weighted by Crippen LogP contribution is -2.43. The van der Waals surface area contributed by atoms with Crippen LogP contribution in [0.4, 0.5) is 0 Å². The highest BCUT2D eigenvalue weighted by molar-refractivity contribution is 4.82. The molecule has 15 heavy (non-hydrogen) atoms. The maximum Gasteiger partial charge on any atom is 0.0721 e. The van der Waals surface area contributed by atoms with Crippen molar-refractivity contribution < 1.29 is 4.74 Å². The van der Waals surface area contributed by atoms with E-state index in [9.17, 15) is 0 Å². The van der Waals surface area contributed by atoms with Gasteiger partial charge in [-0.25, -0.2) is 0 Å². The number of methoxy groups -OCH3 is 1. The maximum absolute atomic E-state index is 5.57. The third kappa shape index (κ3) is 4.12. The molecule has 2 heteroatoms. The molecule has 2 nitrogen and oxygen atoms in total. The van der Waals surface area contributed by atoms with Crippen LogP contribution in [0.25, 0.3) is 0 Å². The Morgan fingerprint density at radius 2 is 2.07 bits per heavy atom. The average Bonchev–Trinajstić information content (AvgIpc) is 2.20. The van der Waals surface area contributed by atoms with Crippen molar-refractivity contribution in [1.29, 1.82) is 0 Å². The predicted octanol–water partition coefficient (Wildman–Crippen LogP) is 2.97. The summed E-state index contributed by atoms with van der Waals surface area (Å²) in [5.41, 5.74) is 0. The van der Waals surface area contributed by atoms with Crippen LogP contribution in [0.2, 0.25) is 0 Å². The largest absolute Gasteiger partial charge is 0.380 e. The fraction of sp³-hybridized carbons (Fsp3) is 1.00. The van der Waals surface area contributed by atoms with Gasteiger partial charge in [-0.15, -0.1) is 0 Å².